The number of halogens is 1. The summed E-state index contributed by atoms with van der Waals surface area (Å²) in [5, 5.41) is 0. The minimum atomic E-state index is -0.472. The van der Waals surface area contributed by atoms with Crippen molar-refractivity contribution in [2.45, 2.75) is 6.61 Å². The second kappa shape index (κ2) is 7.87. The van der Waals surface area contributed by atoms with Crippen molar-refractivity contribution >= 4 is 21.9 Å². The zero-order valence-electron chi connectivity index (χ0n) is 13.1. The highest BCUT2D eigenvalue weighted by Crippen LogP contribution is 2.38. The monoisotopic (exact) mass is 380 g/mol. The molecular weight excluding hydrogens is 364 g/mol. The molecule has 0 N–H and O–H groups in total. The van der Waals surface area contributed by atoms with Crippen molar-refractivity contribution in [2.24, 2.45) is 0 Å². The van der Waals surface area contributed by atoms with E-state index < -0.39 is 5.97 Å². The maximum absolute atomic E-state index is 12.3. The molecule has 0 amide bonds. The quantitative estimate of drug-likeness (QED) is 0.712. The Morgan fingerprint density at radius 1 is 1.00 bits per heavy atom. The van der Waals surface area contributed by atoms with E-state index in [0.717, 1.165) is 10.0 Å². The topological polar surface area (TPSA) is 54.0 Å². The van der Waals surface area contributed by atoms with Crippen molar-refractivity contribution in [1.29, 1.82) is 0 Å². The minimum absolute atomic E-state index is 0.164. The summed E-state index contributed by atoms with van der Waals surface area (Å²) in [6.45, 7) is 0.164. The van der Waals surface area contributed by atoms with E-state index in [0.29, 0.717) is 22.8 Å². The summed E-state index contributed by atoms with van der Waals surface area (Å²) in [6.07, 6.45) is 0. The number of hydrogen-bond acceptors (Lipinski definition) is 5. The molecule has 0 aromatic heterocycles. The Morgan fingerprint density at radius 2 is 1.61 bits per heavy atom. The Morgan fingerprint density at radius 3 is 2.13 bits per heavy atom. The van der Waals surface area contributed by atoms with Crippen LogP contribution in [0.25, 0.3) is 0 Å². The number of carbonyl (C=O) groups is 1. The highest BCUT2D eigenvalue weighted by atomic mass is 79.9. The van der Waals surface area contributed by atoms with E-state index in [1.54, 1.807) is 12.1 Å². The molecule has 0 aliphatic rings. The van der Waals surface area contributed by atoms with Crippen LogP contribution in [0.3, 0.4) is 0 Å². The third-order valence-electron chi connectivity index (χ3n) is 3.22. The van der Waals surface area contributed by atoms with Crippen LogP contribution < -0.4 is 14.2 Å². The van der Waals surface area contributed by atoms with Crippen molar-refractivity contribution in [3.8, 4) is 17.2 Å². The van der Waals surface area contributed by atoms with Gasteiger partial charge >= 0.3 is 5.97 Å². The number of rotatable bonds is 6. The fourth-order valence-corrected chi connectivity index (χ4v) is 2.44. The summed E-state index contributed by atoms with van der Waals surface area (Å²) in [7, 11) is 4.49. The summed E-state index contributed by atoms with van der Waals surface area (Å²) >= 11 is 3.42. The van der Waals surface area contributed by atoms with Crippen LogP contribution in [0.2, 0.25) is 0 Å². The van der Waals surface area contributed by atoms with E-state index in [-0.39, 0.29) is 6.61 Å². The largest absolute Gasteiger partial charge is 0.493 e. The first-order chi connectivity index (χ1) is 11.1. The van der Waals surface area contributed by atoms with E-state index in [1.807, 2.05) is 24.3 Å². The van der Waals surface area contributed by atoms with Crippen LogP contribution in [0.4, 0.5) is 0 Å². The van der Waals surface area contributed by atoms with Crippen molar-refractivity contribution in [3.05, 3.63) is 52.0 Å². The Balaban J connectivity index is 2.20. The van der Waals surface area contributed by atoms with Gasteiger partial charge in [-0.25, -0.2) is 4.79 Å². The molecule has 0 aliphatic heterocycles. The average molecular weight is 381 g/mol. The summed E-state index contributed by atoms with van der Waals surface area (Å²) in [5.74, 6) is 0.761. The molecule has 0 fully saturated rings. The fraction of sp³-hybridized carbons (Fsp3) is 0.235. The maximum atomic E-state index is 12.3. The molecule has 6 heteroatoms. The zero-order chi connectivity index (χ0) is 16.8. The molecule has 2 aromatic carbocycles. The second-order valence-corrected chi connectivity index (χ2v) is 5.44. The van der Waals surface area contributed by atoms with Gasteiger partial charge in [-0.2, -0.15) is 0 Å². The van der Waals surface area contributed by atoms with Gasteiger partial charge < -0.3 is 18.9 Å². The van der Waals surface area contributed by atoms with Crippen LogP contribution in [-0.2, 0) is 11.3 Å². The third kappa shape index (κ3) is 3.96. The normalized spacial score (nSPS) is 10.1. The molecule has 0 saturated heterocycles. The minimum Gasteiger partial charge on any atom is -0.493 e. The van der Waals surface area contributed by atoms with Crippen LogP contribution in [0.15, 0.2) is 40.9 Å². The second-order valence-electron chi connectivity index (χ2n) is 4.58. The number of esters is 1. The van der Waals surface area contributed by atoms with Gasteiger partial charge in [-0.05, 0) is 18.2 Å². The number of ether oxygens (including phenoxy) is 4. The fourth-order valence-electron chi connectivity index (χ4n) is 2.04. The molecule has 0 unspecified atom stereocenters. The van der Waals surface area contributed by atoms with E-state index in [2.05, 4.69) is 15.9 Å². The summed E-state index contributed by atoms with van der Waals surface area (Å²) in [4.78, 5) is 12.3. The smallest absolute Gasteiger partial charge is 0.338 e. The maximum Gasteiger partial charge on any atom is 0.338 e. The predicted molar refractivity (Wildman–Crippen MR) is 89.4 cm³/mol. The number of methoxy groups -OCH3 is 3. The average Bonchev–Trinajstić information content (AvgIpc) is 2.59. The van der Waals surface area contributed by atoms with Gasteiger partial charge in [0.05, 0.1) is 26.9 Å². The lowest BCUT2D eigenvalue weighted by Gasteiger charge is -2.14. The number of carbonyl (C=O) groups excluding carboxylic acids is 1. The van der Waals surface area contributed by atoms with Gasteiger partial charge in [0.15, 0.2) is 11.5 Å². The van der Waals surface area contributed by atoms with E-state index in [1.165, 1.54) is 21.3 Å². The van der Waals surface area contributed by atoms with Gasteiger partial charge in [0.2, 0.25) is 5.75 Å². The Labute approximate surface area is 143 Å². The van der Waals surface area contributed by atoms with Crippen LogP contribution >= 0.6 is 15.9 Å². The SMILES string of the molecule is COc1cc(C(=O)OCc2ccccc2Br)cc(OC)c1OC. The number of hydrogen-bond donors (Lipinski definition) is 0. The Kier molecular flexibility index (Phi) is 5.87. The molecule has 23 heavy (non-hydrogen) atoms. The first kappa shape index (κ1) is 17.1. The van der Waals surface area contributed by atoms with Crippen molar-refractivity contribution in [3.63, 3.8) is 0 Å². The van der Waals surface area contributed by atoms with Gasteiger partial charge in [0.1, 0.15) is 6.61 Å². The molecule has 0 saturated carbocycles. The lowest BCUT2D eigenvalue weighted by Crippen LogP contribution is -2.07. The number of benzene rings is 2. The molecule has 2 rings (SSSR count). The van der Waals surface area contributed by atoms with Crippen LogP contribution in [0.1, 0.15) is 15.9 Å². The molecular formula is C17H17BrO5. The van der Waals surface area contributed by atoms with E-state index in [9.17, 15) is 4.79 Å². The van der Waals surface area contributed by atoms with Gasteiger partial charge in [0, 0.05) is 10.0 Å². The lowest BCUT2D eigenvalue weighted by atomic mass is 10.2. The van der Waals surface area contributed by atoms with Crippen molar-refractivity contribution < 1.29 is 23.7 Å². The van der Waals surface area contributed by atoms with Gasteiger partial charge in [-0.3, -0.25) is 0 Å². The van der Waals surface area contributed by atoms with Gasteiger partial charge in [-0.1, -0.05) is 34.1 Å². The summed E-state index contributed by atoms with van der Waals surface area (Å²) in [6, 6.07) is 10.7. The highest BCUT2D eigenvalue weighted by Gasteiger charge is 2.18. The van der Waals surface area contributed by atoms with Crippen LogP contribution in [0.5, 0.6) is 17.2 Å². The molecule has 0 aliphatic carbocycles. The molecule has 0 atom stereocenters. The highest BCUT2D eigenvalue weighted by molar-refractivity contribution is 9.10. The molecule has 0 bridgehead atoms. The van der Waals surface area contributed by atoms with Crippen molar-refractivity contribution in [1.82, 2.24) is 0 Å². The van der Waals surface area contributed by atoms with Gasteiger partial charge in [0.25, 0.3) is 0 Å². The van der Waals surface area contributed by atoms with Crippen molar-refractivity contribution in [2.75, 3.05) is 21.3 Å². The zero-order valence-corrected chi connectivity index (χ0v) is 14.7. The molecule has 2 aromatic rings. The van der Waals surface area contributed by atoms with Crippen LogP contribution in [0, 0.1) is 0 Å². The van der Waals surface area contributed by atoms with Crippen LogP contribution in [-0.4, -0.2) is 27.3 Å². The summed E-state index contributed by atoms with van der Waals surface area (Å²) < 4.78 is 21.9. The standard InChI is InChI=1S/C17H17BrO5/c1-20-14-8-12(9-15(21-2)16(14)22-3)17(19)23-10-11-6-4-5-7-13(11)18/h4-9H,10H2,1-3H3. The molecule has 0 heterocycles. The molecule has 5 nitrogen and oxygen atoms in total. The van der Waals surface area contributed by atoms with E-state index >= 15 is 0 Å². The molecule has 122 valence electrons. The first-order valence-electron chi connectivity index (χ1n) is 6.81. The predicted octanol–water partition coefficient (Wildman–Crippen LogP) is 3.83. The summed E-state index contributed by atoms with van der Waals surface area (Å²) in [5.41, 5.74) is 1.21. The van der Waals surface area contributed by atoms with Gasteiger partial charge in [-0.15, -0.1) is 0 Å². The molecule has 0 spiro atoms. The Bertz CT molecular complexity index is 674. The first-order valence-corrected chi connectivity index (χ1v) is 7.60. The Hall–Kier alpha value is -2.21. The molecule has 0 radical (unpaired) electrons. The third-order valence-corrected chi connectivity index (χ3v) is 3.99. The lowest BCUT2D eigenvalue weighted by molar-refractivity contribution is 0.0471. The van der Waals surface area contributed by atoms with E-state index in [4.69, 9.17) is 18.9 Å².